The Kier molecular flexibility index (Phi) is 4.79. The van der Waals surface area contributed by atoms with Crippen molar-refractivity contribution >= 4 is 11.6 Å². The third-order valence-electron chi connectivity index (χ3n) is 3.06. The normalized spacial score (nSPS) is 14.0. The Hall–Kier alpha value is -2.09. The van der Waals surface area contributed by atoms with Gasteiger partial charge in [-0.25, -0.2) is 8.78 Å². The van der Waals surface area contributed by atoms with E-state index in [2.05, 4.69) is 5.32 Å². The largest absolute Gasteiger partial charge is 0.379 e. The lowest BCUT2D eigenvalue weighted by Crippen LogP contribution is -2.28. The predicted octanol–water partition coefficient (Wildman–Crippen LogP) is 2.03. The number of nitrogens with one attached hydrogen (secondary N) is 1. The summed E-state index contributed by atoms with van der Waals surface area (Å²) in [5.74, 6) is -2.93. The second-order valence-electron chi connectivity index (χ2n) is 4.81. The number of nitrogens with zero attached hydrogens (tertiary/aromatic N) is 1. The average Bonchev–Trinajstić information content (AvgIpc) is 3.24. The molecule has 1 fully saturated rings. The van der Waals surface area contributed by atoms with E-state index >= 15 is 0 Å². The smallest absolute Gasteiger partial charge is 0.285 e. The zero-order chi connectivity index (χ0) is 15.4. The number of benzene rings is 1. The van der Waals surface area contributed by atoms with Crippen molar-refractivity contribution in [2.75, 3.05) is 19.8 Å². The van der Waals surface area contributed by atoms with E-state index in [0.29, 0.717) is 24.7 Å². The number of halogens is 2. The van der Waals surface area contributed by atoms with Gasteiger partial charge in [0.25, 0.3) is 11.6 Å². The highest BCUT2D eigenvalue weighted by atomic mass is 19.2. The Bertz CT molecular complexity index is 561. The molecular weight excluding hydrogens is 286 g/mol. The maximum absolute atomic E-state index is 13.1. The van der Waals surface area contributed by atoms with Gasteiger partial charge in [0.2, 0.25) is 0 Å². The molecule has 0 aliphatic heterocycles. The van der Waals surface area contributed by atoms with Crippen LogP contribution in [0.5, 0.6) is 0 Å². The standard InChI is InChI=1S/C13H14F2N2O4/c14-10-5-9(12(17(19)20)6-11(10)15)13(18)16-3-4-21-7-8-1-2-8/h5-6,8H,1-4,7H2,(H,16,18). The third kappa shape index (κ3) is 4.19. The minimum absolute atomic E-state index is 0.141. The number of nitro groups is 1. The average molecular weight is 300 g/mol. The molecule has 2 rings (SSSR count). The fourth-order valence-electron chi connectivity index (χ4n) is 1.74. The topological polar surface area (TPSA) is 81.5 Å². The highest BCUT2D eigenvalue weighted by Gasteiger charge is 2.24. The van der Waals surface area contributed by atoms with E-state index in [4.69, 9.17) is 4.74 Å². The van der Waals surface area contributed by atoms with E-state index in [-0.39, 0.29) is 13.2 Å². The lowest BCUT2D eigenvalue weighted by molar-refractivity contribution is -0.385. The van der Waals surface area contributed by atoms with Crippen LogP contribution >= 0.6 is 0 Å². The molecule has 0 aromatic heterocycles. The zero-order valence-corrected chi connectivity index (χ0v) is 11.1. The molecule has 0 radical (unpaired) electrons. The van der Waals surface area contributed by atoms with Crippen LogP contribution in [0, 0.1) is 27.7 Å². The molecule has 114 valence electrons. The highest BCUT2D eigenvalue weighted by Crippen LogP contribution is 2.28. The summed E-state index contributed by atoms with van der Waals surface area (Å²) in [6, 6.07) is 0.918. The fraction of sp³-hybridized carbons (Fsp3) is 0.462. The lowest BCUT2D eigenvalue weighted by atomic mass is 10.1. The quantitative estimate of drug-likeness (QED) is 0.474. The Morgan fingerprint density at radius 2 is 2.05 bits per heavy atom. The van der Waals surface area contributed by atoms with Crippen LogP contribution < -0.4 is 5.32 Å². The van der Waals surface area contributed by atoms with Crippen molar-refractivity contribution in [1.82, 2.24) is 5.32 Å². The van der Waals surface area contributed by atoms with Crippen LogP contribution in [-0.2, 0) is 4.74 Å². The van der Waals surface area contributed by atoms with Gasteiger partial charge in [0.1, 0.15) is 5.56 Å². The molecule has 0 spiro atoms. The van der Waals surface area contributed by atoms with E-state index in [1.807, 2.05) is 0 Å². The second kappa shape index (κ2) is 6.57. The lowest BCUT2D eigenvalue weighted by Gasteiger charge is -2.07. The molecule has 0 atom stereocenters. The first-order valence-corrected chi connectivity index (χ1v) is 6.48. The van der Waals surface area contributed by atoms with Crippen LogP contribution in [0.2, 0.25) is 0 Å². The summed E-state index contributed by atoms with van der Waals surface area (Å²) in [6.45, 7) is 1.03. The van der Waals surface area contributed by atoms with Crippen LogP contribution in [0.4, 0.5) is 14.5 Å². The molecule has 1 aliphatic carbocycles. The molecule has 1 aromatic carbocycles. The maximum Gasteiger partial charge on any atom is 0.285 e. The van der Waals surface area contributed by atoms with E-state index in [1.54, 1.807) is 0 Å². The number of amides is 1. The van der Waals surface area contributed by atoms with Crippen molar-refractivity contribution in [1.29, 1.82) is 0 Å². The number of rotatable bonds is 7. The first-order chi connectivity index (χ1) is 9.99. The van der Waals surface area contributed by atoms with Crippen LogP contribution in [0.25, 0.3) is 0 Å². The van der Waals surface area contributed by atoms with E-state index in [1.165, 1.54) is 0 Å². The zero-order valence-electron chi connectivity index (χ0n) is 11.1. The third-order valence-corrected chi connectivity index (χ3v) is 3.06. The Morgan fingerprint density at radius 3 is 2.67 bits per heavy atom. The number of carbonyl (C=O) groups is 1. The van der Waals surface area contributed by atoms with Gasteiger partial charge in [0, 0.05) is 13.2 Å². The summed E-state index contributed by atoms with van der Waals surface area (Å²) >= 11 is 0. The SMILES string of the molecule is O=C(NCCOCC1CC1)c1cc(F)c(F)cc1[N+](=O)[O-]. The van der Waals surface area contributed by atoms with Crippen LogP contribution in [-0.4, -0.2) is 30.6 Å². The fourth-order valence-corrected chi connectivity index (χ4v) is 1.74. The van der Waals surface area contributed by atoms with Crippen molar-refractivity contribution in [3.63, 3.8) is 0 Å². The maximum atomic E-state index is 13.1. The van der Waals surface area contributed by atoms with Gasteiger partial charge >= 0.3 is 0 Å². The van der Waals surface area contributed by atoms with Crippen molar-refractivity contribution in [3.8, 4) is 0 Å². The highest BCUT2D eigenvalue weighted by molar-refractivity contribution is 5.98. The summed E-state index contributed by atoms with van der Waals surface area (Å²) in [6.07, 6.45) is 2.29. The van der Waals surface area contributed by atoms with E-state index in [0.717, 1.165) is 12.8 Å². The Balaban J connectivity index is 1.93. The predicted molar refractivity (Wildman–Crippen MR) is 68.9 cm³/mol. The summed E-state index contributed by atoms with van der Waals surface area (Å²) in [7, 11) is 0. The van der Waals surface area contributed by atoms with Crippen LogP contribution in [0.15, 0.2) is 12.1 Å². The minimum atomic E-state index is -1.37. The van der Waals surface area contributed by atoms with Gasteiger partial charge in [0.15, 0.2) is 11.6 Å². The summed E-state index contributed by atoms with van der Waals surface area (Å²) < 4.78 is 31.4. The monoisotopic (exact) mass is 300 g/mol. The molecule has 1 amide bonds. The van der Waals surface area contributed by atoms with E-state index in [9.17, 15) is 23.7 Å². The molecule has 6 nitrogen and oxygen atoms in total. The van der Waals surface area contributed by atoms with Gasteiger partial charge in [0.05, 0.1) is 17.6 Å². The molecule has 21 heavy (non-hydrogen) atoms. The van der Waals surface area contributed by atoms with Crippen molar-refractivity contribution in [3.05, 3.63) is 39.4 Å². The first-order valence-electron chi connectivity index (χ1n) is 6.48. The molecule has 1 saturated carbocycles. The summed E-state index contributed by atoms with van der Waals surface area (Å²) in [5, 5.41) is 13.1. The summed E-state index contributed by atoms with van der Waals surface area (Å²) in [5.41, 5.74) is -1.29. The van der Waals surface area contributed by atoms with Gasteiger partial charge in [-0.15, -0.1) is 0 Å². The molecule has 1 N–H and O–H groups in total. The molecular formula is C13H14F2N2O4. The molecule has 0 unspecified atom stereocenters. The molecule has 0 bridgehead atoms. The van der Waals surface area contributed by atoms with Crippen molar-refractivity contribution < 1.29 is 23.2 Å². The van der Waals surface area contributed by atoms with Crippen molar-refractivity contribution in [2.24, 2.45) is 5.92 Å². The molecule has 1 aliphatic rings. The number of nitro benzene ring substituents is 1. The van der Waals surface area contributed by atoms with Gasteiger partial charge < -0.3 is 10.1 Å². The molecule has 0 heterocycles. The first kappa shape index (κ1) is 15.3. The van der Waals surface area contributed by atoms with E-state index < -0.39 is 33.7 Å². The molecule has 1 aromatic rings. The Morgan fingerprint density at radius 1 is 1.38 bits per heavy atom. The number of hydrogen-bond donors (Lipinski definition) is 1. The van der Waals surface area contributed by atoms with Gasteiger partial charge in [-0.2, -0.15) is 0 Å². The van der Waals surface area contributed by atoms with Gasteiger partial charge in [-0.05, 0) is 24.8 Å². The molecule has 0 saturated heterocycles. The molecule has 8 heteroatoms. The van der Waals surface area contributed by atoms with Crippen LogP contribution in [0.3, 0.4) is 0 Å². The Labute approximate surface area is 119 Å². The number of ether oxygens (including phenoxy) is 1. The van der Waals surface area contributed by atoms with Gasteiger partial charge in [-0.3, -0.25) is 14.9 Å². The van der Waals surface area contributed by atoms with Crippen molar-refractivity contribution in [2.45, 2.75) is 12.8 Å². The second-order valence-corrected chi connectivity index (χ2v) is 4.81. The number of hydrogen-bond acceptors (Lipinski definition) is 4. The van der Waals surface area contributed by atoms with Crippen LogP contribution in [0.1, 0.15) is 23.2 Å². The minimum Gasteiger partial charge on any atom is -0.379 e. The van der Waals surface area contributed by atoms with Gasteiger partial charge in [-0.1, -0.05) is 0 Å². The number of carbonyl (C=O) groups excluding carboxylic acids is 1. The summed E-state index contributed by atoms with van der Waals surface area (Å²) in [4.78, 5) is 21.6.